The highest BCUT2D eigenvalue weighted by Gasteiger charge is 2.21. The largest absolute Gasteiger partial charge is 0.456 e. The molecule has 0 radical (unpaired) electrons. The molecule has 0 fully saturated rings. The molecular weight excluding hydrogens is 860 g/mol. The smallest absolute Gasteiger partial charge is 0.136 e. The van der Waals surface area contributed by atoms with Gasteiger partial charge in [-0.3, -0.25) is 0 Å². The quantitative estimate of drug-likeness (QED) is 0.164. The van der Waals surface area contributed by atoms with E-state index in [2.05, 4.69) is 167 Å². The van der Waals surface area contributed by atoms with Gasteiger partial charge in [-0.2, -0.15) is 0 Å². The molecule has 6 aromatic heterocycles. The van der Waals surface area contributed by atoms with Gasteiger partial charge < -0.3 is 31.4 Å². The molecule has 8 heteroatoms. The van der Waals surface area contributed by atoms with Gasteiger partial charge in [-0.25, -0.2) is 0 Å². The molecule has 0 spiro atoms. The Bertz CT molecular complexity index is 4480. The SMILES string of the molecule is O=[PH](c1ccc2oc3cc4c(cc3c2c1)oc1ccc(-n2c3ccccc3c3ccccc32)cc14)c1ccc2oc3cc4c(cc3c2c1)oc1ccc(-n2c3ccccc3c3ccccc32)cc14. The number of furan rings is 4. The summed E-state index contributed by atoms with van der Waals surface area (Å²) >= 11 is 0. The molecule has 16 rings (SSSR count). The van der Waals surface area contributed by atoms with Gasteiger partial charge >= 0.3 is 0 Å². The third-order valence-corrected chi connectivity index (χ3v) is 16.0. The Kier molecular flexibility index (Phi) is 7.07. The summed E-state index contributed by atoms with van der Waals surface area (Å²) < 4.78 is 45.2. The van der Waals surface area contributed by atoms with Crippen molar-refractivity contribution < 1.29 is 22.2 Å². The van der Waals surface area contributed by atoms with Crippen LogP contribution in [0.3, 0.4) is 0 Å². The predicted molar refractivity (Wildman–Crippen MR) is 279 cm³/mol. The Hall–Kier alpha value is -8.77. The van der Waals surface area contributed by atoms with E-state index in [1.807, 2.05) is 36.4 Å². The van der Waals surface area contributed by atoms with Gasteiger partial charge in [-0.1, -0.05) is 72.8 Å². The lowest BCUT2D eigenvalue weighted by Gasteiger charge is -2.07. The molecule has 0 saturated heterocycles. The van der Waals surface area contributed by atoms with Crippen molar-refractivity contribution in [2.24, 2.45) is 0 Å². The number of fused-ring (bicyclic) bond motifs is 18. The van der Waals surface area contributed by atoms with Gasteiger partial charge in [-0.05, 0) is 121 Å². The van der Waals surface area contributed by atoms with Crippen LogP contribution in [-0.4, -0.2) is 9.13 Å². The molecule has 0 N–H and O–H groups in total. The molecule has 7 nitrogen and oxygen atoms in total. The van der Waals surface area contributed by atoms with Crippen molar-refractivity contribution in [2.75, 3.05) is 0 Å². The van der Waals surface area contributed by atoms with E-state index < -0.39 is 7.80 Å². The number of hydrogen-bond donors (Lipinski definition) is 0. The maximum atomic E-state index is 14.6. The maximum Gasteiger partial charge on any atom is 0.136 e. The molecule has 0 aliphatic heterocycles. The first-order chi connectivity index (χ1) is 33.6. The fraction of sp³-hybridized carbons (Fsp3) is 0. The van der Waals surface area contributed by atoms with Crippen LogP contribution in [-0.2, 0) is 4.57 Å². The highest BCUT2D eigenvalue weighted by molar-refractivity contribution is 7.61. The zero-order valence-electron chi connectivity index (χ0n) is 35.9. The average molecular weight is 893 g/mol. The van der Waals surface area contributed by atoms with Crippen molar-refractivity contribution in [1.29, 1.82) is 0 Å². The van der Waals surface area contributed by atoms with Crippen molar-refractivity contribution in [2.45, 2.75) is 0 Å². The first-order valence-corrected chi connectivity index (χ1v) is 24.2. The molecule has 68 heavy (non-hydrogen) atoms. The number of hydrogen-bond acceptors (Lipinski definition) is 5. The lowest BCUT2D eigenvalue weighted by molar-refractivity contribution is 0.598. The Morgan fingerprint density at radius 2 is 0.544 bits per heavy atom. The Balaban J connectivity index is 0.769. The first-order valence-electron chi connectivity index (χ1n) is 22.7. The molecule has 0 bridgehead atoms. The Labute approximate surface area is 385 Å². The molecule has 10 aromatic carbocycles. The lowest BCUT2D eigenvalue weighted by atomic mass is 10.1. The highest BCUT2D eigenvalue weighted by Crippen LogP contribution is 2.42. The van der Waals surface area contributed by atoms with Crippen molar-refractivity contribution in [3.05, 3.63) is 194 Å². The van der Waals surface area contributed by atoms with Crippen molar-refractivity contribution >= 4 is 150 Å². The molecule has 0 aliphatic carbocycles. The van der Waals surface area contributed by atoms with E-state index in [-0.39, 0.29) is 0 Å². The van der Waals surface area contributed by atoms with Crippen LogP contribution in [0.25, 0.3) is 143 Å². The fourth-order valence-corrected chi connectivity index (χ4v) is 12.5. The number of aromatic nitrogens is 2. The van der Waals surface area contributed by atoms with Crippen LogP contribution in [0.15, 0.2) is 212 Å². The van der Waals surface area contributed by atoms with E-state index in [4.69, 9.17) is 17.7 Å². The molecule has 6 heterocycles. The predicted octanol–water partition coefficient (Wildman–Crippen LogP) is 16.0. The lowest BCUT2D eigenvalue weighted by Crippen LogP contribution is -2.05. The summed E-state index contributed by atoms with van der Waals surface area (Å²) in [5.41, 5.74) is 12.9. The van der Waals surface area contributed by atoms with E-state index in [1.54, 1.807) is 0 Å². The molecule has 318 valence electrons. The zero-order chi connectivity index (χ0) is 44.4. The number of rotatable bonds is 4. The van der Waals surface area contributed by atoms with Crippen LogP contribution in [0.4, 0.5) is 0 Å². The summed E-state index contributed by atoms with van der Waals surface area (Å²) in [6.45, 7) is 0. The van der Waals surface area contributed by atoms with Crippen molar-refractivity contribution in [3.63, 3.8) is 0 Å². The highest BCUT2D eigenvalue weighted by atomic mass is 31.1. The monoisotopic (exact) mass is 892 g/mol. The van der Waals surface area contributed by atoms with Gasteiger partial charge in [0.05, 0.1) is 22.1 Å². The van der Waals surface area contributed by atoms with Gasteiger partial charge in [0.1, 0.15) is 52.5 Å². The summed E-state index contributed by atoms with van der Waals surface area (Å²) in [5.74, 6) is 0. The molecule has 0 unspecified atom stereocenters. The number of benzene rings is 10. The summed E-state index contributed by atoms with van der Waals surface area (Å²) in [4.78, 5) is 0. The fourth-order valence-electron chi connectivity index (χ4n) is 11.2. The van der Waals surface area contributed by atoms with E-state index in [1.165, 1.54) is 21.5 Å². The molecule has 0 aliphatic rings. The van der Waals surface area contributed by atoms with E-state index in [0.29, 0.717) is 0 Å². The second-order valence-corrected chi connectivity index (χ2v) is 19.8. The standard InChI is InChI=1S/C60H33N2O5P/c63-68(35-19-23-55-43(27-35)47-31-57-45(29-59(47)66-55)41-25-33(17-21-53(41)64-57)61-49-13-5-1-9-37(49)38-10-2-6-14-50(38)61)36-20-24-56-44(28-36)48-32-58-46(30-60(48)67-56)42-26-34(18-22-54(42)65-58)62-51-15-7-3-11-39(51)40-12-4-8-16-52(40)62/h1-32,68H. The van der Waals surface area contributed by atoms with Crippen LogP contribution >= 0.6 is 7.80 Å². The molecular formula is C60H33N2O5P. The van der Waals surface area contributed by atoms with Crippen molar-refractivity contribution in [3.8, 4) is 11.4 Å². The molecule has 0 atom stereocenters. The van der Waals surface area contributed by atoms with E-state index in [9.17, 15) is 4.57 Å². The van der Waals surface area contributed by atoms with Crippen LogP contribution in [0, 0.1) is 0 Å². The van der Waals surface area contributed by atoms with Gasteiger partial charge in [0, 0.05) is 86.6 Å². The summed E-state index contributed by atoms with van der Waals surface area (Å²) in [7, 11) is -2.44. The van der Waals surface area contributed by atoms with E-state index >= 15 is 0 Å². The van der Waals surface area contributed by atoms with E-state index in [0.717, 1.165) is 132 Å². The summed E-state index contributed by atoms with van der Waals surface area (Å²) in [6, 6.07) is 67.0. The normalized spacial score (nSPS) is 12.6. The molecule has 0 amide bonds. The Morgan fingerprint density at radius 3 is 0.882 bits per heavy atom. The second-order valence-electron chi connectivity index (χ2n) is 17.9. The van der Waals surface area contributed by atoms with Crippen LogP contribution in [0.1, 0.15) is 0 Å². The Morgan fingerprint density at radius 1 is 0.265 bits per heavy atom. The van der Waals surface area contributed by atoms with Gasteiger partial charge in [0.2, 0.25) is 0 Å². The third kappa shape index (κ3) is 4.95. The second kappa shape index (κ2) is 13.2. The minimum atomic E-state index is -2.44. The average Bonchev–Trinajstić information content (AvgIpc) is 4.23. The van der Waals surface area contributed by atoms with Crippen LogP contribution < -0.4 is 10.6 Å². The minimum Gasteiger partial charge on any atom is -0.456 e. The number of nitrogens with zero attached hydrogens (tertiary/aromatic N) is 2. The maximum absolute atomic E-state index is 14.6. The van der Waals surface area contributed by atoms with Crippen LogP contribution in [0.5, 0.6) is 0 Å². The van der Waals surface area contributed by atoms with Crippen LogP contribution in [0.2, 0.25) is 0 Å². The summed E-state index contributed by atoms with van der Waals surface area (Å²) in [5, 5.41) is 14.0. The van der Waals surface area contributed by atoms with Crippen molar-refractivity contribution in [1.82, 2.24) is 9.13 Å². The minimum absolute atomic E-state index is 0.731. The number of para-hydroxylation sites is 4. The summed E-state index contributed by atoms with van der Waals surface area (Å²) in [6.07, 6.45) is 0. The first kappa shape index (κ1) is 36.4. The van der Waals surface area contributed by atoms with Gasteiger partial charge in [0.25, 0.3) is 0 Å². The third-order valence-electron chi connectivity index (χ3n) is 14.3. The molecule has 16 aromatic rings. The van der Waals surface area contributed by atoms with Gasteiger partial charge in [0.15, 0.2) is 0 Å². The van der Waals surface area contributed by atoms with Gasteiger partial charge in [-0.15, -0.1) is 0 Å². The zero-order valence-corrected chi connectivity index (χ0v) is 36.9. The topological polar surface area (TPSA) is 79.5 Å². The molecule has 0 saturated carbocycles.